The van der Waals surface area contributed by atoms with Crippen molar-refractivity contribution < 1.29 is 4.79 Å². The van der Waals surface area contributed by atoms with E-state index in [9.17, 15) is 4.79 Å². The minimum atomic E-state index is -0.250. The van der Waals surface area contributed by atoms with Crippen LogP contribution in [0.3, 0.4) is 0 Å². The van der Waals surface area contributed by atoms with E-state index in [-0.39, 0.29) is 11.3 Å². The number of nitrogens with zero attached hydrogens (tertiary/aromatic N) is 1. The number of unbranched alkanes of at least 4 members (excludes halogenated alkanes) is 1. The van der Waals surface area contributed by atoms with Gasteiger partial charge >= 0.3 is 0 Å². The van der Waals surface area contributed by atoms with E-state index in [0.717, 1.165) is 58.3 Å². The van der Waals surface area contributed by atoms with Crippen molar-refractivity contribution in [2.45, 2.75) is 51.4 Å². The van der Waals surface area contributed by atoms with Crippen LogP contribution in [0.2, 0.25) is 0 Å². The minimum Gasteiger partial charge on any atom is -0.355 e. The zero-order valence-corrected chi connectivity index (χ0v) is 14.1. The second kappa shape index (κ2) is 8.33. The standard InChI is InChI=1S/C19H30N2O/c1-3-21(4-2)16-9-8-15-20-18(22)19(13-10-14-19)17-11-6-5-7-12-17/h5-7,11-12H,3-4,8-10,13-16H2,1-2H3,(H,20,22). The molecule has 1 aromatic carbocycles. The number of carbonyl (C=O) groups is 1. The van der Waals surface area contributed by atoms with Gasteiger partial charge in [0.05, 0.1) is 5.41 Å². The zero-order chi connectivity index (χ0) is 15.8. The van der Waals surface area contributed by atoms with Gasteiger partial charge in [-0.1, -0.05) is 50.6 Å². The van der Waals surface area contributed by atoms with Gasteiger partial charge in [-0.15, -0.1) is 0 Å². The van der Waals surface area contributed by atoms with Gasteiger partial charge in [0.1, 0.15) is 0 Å². The van der Waals surface area contributed by atoms with E-state index in [2.05, 4.69) is 36.2 Å². The van der Waals surface area contributed by atoms with Crippen LogP contribution in [0.4, 0.5) is 0 Å². The summed E-state index contributed by atoms with van der Waals surface area (Å²) in [5.74, 6) is 0.229. The second-order valence-electron chi connectivity index (χ2n) is 6.29. The number of benzene rings is 1. The number of amides is 1. The Balaban J connectivity index is 1.77. The molecular formula is C19H30N2O. The lowest BCUT2D eigenvalue weighted by atomic mass is 9.64. The Morgan fingerprint density at radius 3 is 2.36 bits per heavy atom. The average Bonchev–Trinajstić information content (AvgIpc) is 2.51. The summed E-state index contributed by atoms with van der Waals surface area (Å²) in [5.41, 5.74) is 0.932. The van der Waals surface area contributed by atoms with Gasteiger partial charge in [-0.2, -0.15) is 0 Å². The molecule has 0 spiro atoms. The number of nitrogens with one attached hydrogen (secondary N) is 1. The molecule has 3 heteroatoms. The van der Waals surface area contributed by atoms with Crippen LogP contribution in [0, 0.1) is 0 Å². The van der Waals surface area contributed by atoms with Crippen molar-refractivity contribution in [1.29, 1.82) is 0 Å². The van der Waals surface area contributed by atoms with Crippen LogP contribution in [0.25, 0.3) is 0 Å². The Morgan fingerprint density at radius 2 is 1.82 bits per heavy atom. The smallest absolute Gasteiger partial charge is 0.230 e. The van der Waals surface area contributed by atoms with Crippen LogP contribution in [0.1, 0.15) is 51.5 Å². The minimum absolute atomic E-state index is 0.229. The fraction of sp³-hybridized carbons (Fsp3) is 0.632. The molecule has 0 saturated heterocycles. The SMILES string of the molecule is CCN(CC)CCCCNC(=O)C1(c2ccccc2)CCC1. The third-order valence-electron chi connectivity index (χ3n) is 5.05. The Hall–Kier alpha value is -1.35. The quantitative estimate of drug-likeness (QED) is 0.710. The number of carbonyl (C=O) groups excluding carboxylic acids is 1. The summed E-state index contributed by atoms with van der Waals surface area (Å²) in [5, 5.41) is 3.18. The molecule has 1 amide bonds. The van der Waals surface area contributed by atoms with E-state index in [0.29, 0.717) is 0 Å². The molecule has 1 N–H and O–H groups in total. The molecule has 0 aromatic heterocycles. The number of hydrogen-bond donors (Lipinski definition) is 1. The summed E-state index contributed by atoms with van der Waals surface area (Å²) in [6.07, 6.45) is 5.35. The summed E-state index contributed by atoms with van der Waals surface area (Å²) in [6, 6.07) is 10.3. The fourth-order valence-corrected chi connectivity index (χ4v) is 3.31. The van der Waals surface area contributed by atoms with Crippen molar-refractivity contribution in [1.82, 2.24) is 10.2 Å². The lowest BCUT2D eigenvalue weighted by molar-refractivity contribution is -0.129. The molecule has 0 radical (unpaired) electrons. The Morgan fingerprint density at radius 1 is 1.14 bits per heavy atom. The highest BCUT2D eigenvalue weighted by Gasteiger charge is 2.45. The molecule has 1 aromatic rings. The van der Waals surface area contributed by atoms with Gasteiger partial charge in [-0.3, -0.25) is 4.79 Å². The molecule has 0 bridgehead atoms. The van der Waals surface area contributed by atoms with Crippen LogP contribution in [0.5, 0.6) is 0 Å². The van der Waals surface area contributed by atoms with E-state index in [1.54, 1.807) is 0 Å². The predicted molar refractivity (Wildman–Crippen MR) is 92.0 cm³/mol. The van der Waals surface area contributed by atoms with Gasteiger partial charge in [0, 0.05) is 6.54 Å². The maximum absolute atomic E-state index is 12.6. The predicted octanol–water partition coefficient (Wildman–Crippen LogP) is 3.35. The summed E-state index contributed by atoms with van der Waals surface area (Å²) in [6.45, 7) is 8.55. The van der Waals surface area contributed by atoms with E-state index in [4.69, 9.17) is 0 Å². The number of hydrogen-bond acceptors (Lipinski definition) is 2. The summed E-state index contributed by atoms with van der Waals surface area (Å²) < 4.78 is 0. The largest absolute Gasteiger partial charge is 0.355 e. The third kappa shape index (κ3) is 3.89. The molecule has 0 unspecified atom stereocenters. The Bertz CT molecular complexity index is 450. The van der Waals surface area contributed by atoms with Gasteiger partial charge in [-0.25, -0.2) is 0 Å². The van der Waals surface area contributed by atoms with Crippen LogP contribution in [-0.2, 0) is 10.2 Å². The Labute approximate surface area is 135 Å². The molecule has 122 valence electrons. The van der Waals surface area contributed by atoms with E-state index >= 15 is 0 Å². The van der Waals surface area contributed by atoms with Gasteiger partial charge in [0.25, 0.3) is 0 Å². The summed E-state index contributed by atoms with van der Waals surface area (Å²) in [4.78, 5) is 15.1. The van der Waals surface area contributed by atoms with Gasteiger partial charge in [-0.05, 0) is 50.9 Å². The lowest BCUT2D eigenvalue weighted by Gasteiger charge is -2.40. The highest BCUT2D eigenvalue weighted by atomic mass is 16.2. The highest BCUT2D eigenvalue weighted by molar-refractivity contribution is 5.89. The monoisotopic (exact) mass is 302 g/mol. The molecule has 1 aliphatic rings. The topological polar surface area (TPSA) is 32.3 Å². The first-order valence-electron chi connectivity index (χ1n) is 8.79. The maximum Gasteiger partial charge on any atom is 0.230 e. The molecular weight excluding hydrogens is 272 g/mol. The molecule has 0 heterocycles. The van der Waals surface area contributed by atoms with Crippen LogP contribution in [0.15, 0.2) is 30.3 Å². The molecule has 3 nitrogen and oxygen atoms in total. The summed E-state index contributed by atoms with van der Waals surface area (Å²) >= 11 is 0. The molecule has 0 atom stereocenters. The number of rotatable bonds is 9. The van der Waals surface area contributed by atoms with Crippen molar-refractivity contribution in [3.8, 4) is 0 Å². The van der Waals surface area contributed by atoms with Crippen molar-refractivity contribution in [3.63, 3.8) is 0 Å². The van der Waals surface area contributed by atoms with Gasteiger partial charge in [0.2, 0.25) is 5.91 Å². The normalized spacial score (nSPS) is 16.3. The van der Waals surface area contributed by atoms with Gasteiger partial charge < -0.3 is 10.2 Å². The van der Waals surface area contributed by atoms with Crippen molar-refractivity contribution in [2.24, 2.45) is 0 Å². The van der Waals surface area contributed by atoms with E-state index in [1.165, 1.54) is 5.56 Å². The lowest BCUT2D eigenvalue weighted by Crippen LogP contribution is -2.49. The molecule has 0 aliphatic heterocycles. The third-order valence-corrected chi connectivity index (χ3v) is 5.05. The molecule has 1 saturated carbocycles. The first kappa shape index (κ1) is 17.0. The molecule has 22 heavy (non-hydrogen) atoms. The highest BCUT2D eigenvalue weighted by Crippen LogP contribution is 2.43. The molecule has 1 aliphatic carbocycles. The van der Waals surface area contributed by atoms with Crippen LogP contribution >= 0.6 is 0 Å². The van der Waals surface area contributed by atoms with Crippen LogP contribution in [-0.4, -0.2) is 37.0 Å². The van der Waals surface area contributed by atoms with Crippen molar-refractivity contribution in [2.75, 3.05) is 26.2 Å². The molecule has 1 fully saturated rings. The Kier molecular flexibility index (Phi) is 6.44. The van der Waals surface area contributed by atoms with Gasteiger partial charge in [0.15, 0.2) is 0 Å². The first-order chi connectivity index (χ1) is 10.7. The average molecular weight is 302 g/mol. The maximum atomic E-state index is 12.6. The zero-order valence-electron chi connectivity index (χ0n) is 14.1. The van der Waals surface area contributed by atoms with E-state index in [1.807, 2.05) is 18.2 Å². The van der Waals surface area contributed by atoms with E-state index < -0.39 is 0 Å². The first-order valence-corrected chi connectivity index (χ1v) is 8.79. The second-order valence-corrected chi connectivity index (χ2v) is 6.29. The van der Waals surface area contributed by atoms with Crippen molar-refractivity contribution >= 4 is 5.91 Å². The molecule has 2 rings (SSSR count). The summed E-state index contributed by atoms with van der Waals surface area (Å²) in [7, 11) is 0. The van der Waals surface area contributed by atoms with Crippen molar-refractivity contribution in [3.05, 3.63) is 35.9 Å². The van der Waals surface area contributed by atoms with Crippen LogP contribution < -0.4 is 5.32 Å². The fourth-order valence-electron chi connectivity index (χ4n) is 3.31.